The van der Waals surface area contributed by atoms with E-state index in [4.69, 9.17) is 26.2 Å². The van der Waals surface area contributed by atoms with Gasteiger partial charge < -0.3 is 9.47 Å². The van der Waals surface area contributed by atoms with Crippen LogP contribution in [0.1, 0.15) is 35.9 Å². The standard InChI is InChI=1S/C27H27ClN4O2S/c1-3-8-25-30-31-27(35-19-21-13-15-23(28)16-14-21)32(25)29-17-22-11-7-12-24(33-2)26(22)34-18-20-9-5-4-6-10-20/h4-7,9-17H,3,8,18-19H2,1-2H3/b29-17-. The third kappa shape index (κ3) is 6.65. The highest BCUT2D eigenvalue weighted by molar-refractivity contribution is 7.98. The van der Waals surface area contributed by atoms with Gasteiger partial charge in [-0.2, -0.15) is 9.78 Å². The fraction of sp³-hybridized carbons (Fsp3) is 0.222. The molecule has 4 rings (SSSR count). The summed E-state index contributed by atoms with van der Waals surface area (Å²) in [5, 5.41) is 15.0. The molecule has 6 nitrogen and oxygen atoms in total. The van der Waals surface area contributed by atoms with Crippen molar-refractivity contribution in [1.29, 1.82) is 0 Å². The highest BCUT2D eigenvalue weighted by atomic mass is 35.5. The summed E-state index contributed by atoms with van der Waals surface area (Å²) in [6, 6.07) is 23.6. The van der Waals surface area contributed by atoms with E-state index in [9.17, 15) is 0 Å². The molecule has 0 spiro atoms. The van der Waals surface area contributed by atoms with Crippen molar-refractivity contribution in [3.63, 3.8) is 0 Å². The molecule has 0 saturated carbocycles. The molecule has 4 aromatic rings. The van der Waals surface area contributed by atoms with Crippen LogP contribution < -0.4 is 9.47 Å². The van der Waals surface area contributed by atoms with Gasteiger partial charge in [0.05, 0.1) is 13.3 Å². The van der Waals surface area contributed by atoms with Crippen molar-refractivity contribution in [3.8, 4) is 11.5 Å². The molecular formula is C27H27ClN4O2S. The lowest BCUT2D eigenvalue weighted by Gasteiger charge is -2.13. The van der Waals surface area contributed by atoms with Crippen LogP contribution >= 0.6 is 23.4 Å². The van der Waals surface area contributed by atoms with E-state index < -0.39 is 0 Å². The summed E-state index contributed by atoms with van der Waals surface area (Å²) < 4.78 is 13.5. The maximum atomic E-state index is 6.17. The minimum absolute atomic E-state index is 0.429. The molecule has 0 bridgehead atoms. The van der Waals surface area contributed by atoms with Crippen LogP contribution in [0.15, 0.2) is 83.1 Å². The van der Waals surface area contributed by atoms with Gasteiger partial charge in [-0.1, -0.05) is 78.8 Å². The van der Waals surface area contributed by atoms with Gasteiger partial charge in [-0.05, 0) is 41.8 Å². The smallest absolute Gasteiger partial charge is 0.212 e. The Morgan fingerprint density at radius 3 is 2.51 bits per heavy atom. The zero-order valence-electron chi connectivity index (χ0n) is 19.7. The van der Waals surface area contributed by atoms with Gasteiger partial charge in [0, 0.05) is 22.8 Å². The number of aromatic nitrogens is 3. The number of methoxy groups -OCH3 is 1. The van der Waals surface area contributed by atoms with Crippen molar-refractivity contribution < 1.29 is 9.47 Å². The third-order valence-electron chi connectivity index (χ3n) is 5.20. The van der Waals surface area contributed by atoms with Crippen LogP contribution in [-0.2, 0) is 18.8 Å². The normalized spacial score (nSPS) is 11.2. The second kappa shape index (κ2) is 12.4. The Balaban J connectivity index is 1.58. The fourth-order valence-corrected chi connectivity index (χ4v) is 4.40. The highest BCUT2D eigenvalue weighted by Gasteiger charge is 2.14. The lowest BCUT2D eigenvalue weighted by molar-refractivity contribution is 0.284. The fourth-order valence-electron chi connectivity index (χ4n) is 3.41. The van der Waals surface area contributed by atoms with Gasteiger partial charge in [-0.25, -0.2) is 0 Å². The van der Waals surface area contributed by atoms with Gasteiger partial charge in [0.1, 0.15) is 6.61 Å². The molecule has 0 amide bonds. The summed E-state index contributed by atoms with van der Waals surface area (Å²) in [7, 11) is 1.64. The predicted octanol–water partition coefficient (Wildman–Crippen LogP) is 6.65. The first-order chi connectivity index (χ1) is 17.2. The average Bonchev–Trinajstić information content (AvgIpc) is 3.28. The lowest BCUT2D eigenvalue weighted by Crippen LogP contribution is -2.03. The number of ether oxygens (including phenoxy) is 2. The Kier molecular flexibility index (Phi) is 8.81. The van der Waals surface area contributed by atoms with Crippen LogP contribution in [0.25, 0.3) is 0 Å². The molecule has 0 saturated heterocycles. The van der Waals surface area contributed by atoms with Gasteiger partial charge in [-0.15, -0.1) is 10.2 Å². The third-order valence-corrected chi connectivity index (χ3v) is 6.44. The SMILES string of the molecule is CCCc1nnc(SCc2ccc(Cl)cc2)n1/N=C\c1cccc(OC)c1OCc1ccccc1. The van der Waals surface area contributed by atoms with Crippen molar-refractivity contribution in [2.75, 3.05) is 7.11 Å². The number of para-hydroxylation sites is 1. The molecule has 1 heterocycles. The van der Waals surface area contributed by atoms with E-state index in [0.29, 0.717) is 18.1 Å². The largest absolute Gasteiger partial charge is 0.493 e. The van der Waals surface area contributed by atoms with Crippen LogP contribution in [0.3, 0.4) is 0 Å². The molecule has 0 aliphatic heterocycles. The molecule has 0 aliphatic rings. The molecule has 0 unspecified atom stereocenters. The second-order valence-corrected chi connectivity index (χ2v) is 9.15. The number of halogens is 1. The maximum Gasteiger partial charge on any atom is 0.212 e. The molecular weight excluding hydrogens is 480 g/mol. The summed E-state index contributed by atoms with van der Waals surface area (Å²) in [6.45, 7) is 2.54. The summed E-state index contributed by atoms with van der Waals surface area (Å²) in [5.41, 5.74) is 3.04. The molecule has 180 valence electrons. The van der Waals surface area contributed by atoms with Crippen LogP contribution in [0.2, 0.25) is 5.02 Å². The zero-order chi connectivity index (χ0) is 24.5. The van der Waals surface area contributed by atoms with Crippen molar-refractivity contribution in [3.05, 3.63) is 100 Å². The topological polar surface area (TPSA) is 61.5 Å². The average molecular weight is 507 g/mol. The van der Waals surface area contributed by atoms with Gasteiger partial charge in [0.15, 0.2) is 17.3 Å². The molecule has 0 fully saturated rings. The highest BCUT2D eigenvalue weighted by Crippen LogP contribution is 2.31. The van der Waals surface area contributed by atoms with E-state index in [1.165, 1.54) is 0 Å². The van der Waals surface area contributed by atoms with Gasteiger partial charge in [0.25, 0.3) is 0 Å². The minimum Gasteiger partial charge on any atom is -0.493 e. The summed E-state index contributed by atoms with van der Waals surface area (Å²) in [4.78, 5) is 0. The second-order valence-electron chi connectivity index (χ2n) is 7.77. The molecule has 0 radical (unpaired) electrons. The number of aryl methyl sites for hydroxylation is 1. The zero-order valence-corrected chi connectivity index (χ0v) is 21.3. The summed E-state index contributed by atoms with van der Waals surface area (Å²) in [5.74, 6) is 2.85. The monoisotopic (exact) mass is 506 g/mol. The minimum atomic E-state index is 0.429. The number of nitrogens with zero attached hydrogens (tertiary/aromatic N) is 4. The maximum absolute atomic E-state index is 6.17. The van der Waals surface area contributed by atoms with Crippen LogP contribution in [0.4, 0.5) is 0 Å². The Morgan fingerprint density at radius 1 is 0.971 bits per heavy atom. The molecule has 0 aliphatic carbocycles. The molecule has 35 heavy (non-hydrogen) atoms. The molecule has 0 N–H and O–H groups in total. The van der Waals surface area contributed by atoms with Gasteiger partial charge in [0.2, 0.25) is 5.16 Å². The van der Waals surface area contributed by atoms with Crippen LogP contribution in [0.5, 0.6) is 11.5 Å². The van der Waals surface area contributed by atoms with E-state index in [1.54, 1.807) is 25.1 Å². The van der Waals surface area contributed by atoms with E-state index in [-0.39, 0.29) is 0 Å². The van der Waals surface area contributed by atoms with Crippen molar-refractivity contribution in [2.24, 2.45) is 5.10 Å². The first-order valence-electron chi connectivity index (χ1n) is 11.4. The summed E-state index contributed by atoms with van der Waals surface area (Å²) in [6.07, 6.45) is 3.50. The Labute approximate surface area is 215 Å². The molecule has 1 aromatic heterocycles. The van der Waals surface area contributed by atoms with E-state index >= 15 is 0 Å². The van der Waals surface area contributed by atoms with Gasteiger partial charge >= 0.3 is 0 Å². The quantitative estimate of drug-likeness (QED) is 0.168. The van der Waals surface area contributed by atoms with E-state index in [0.717, 1.165) is 51.3 Å². The number of rotatable bonds is 11. The first-order valence-corrected chi connectivity index (χ1v) is 12.7. The molecule has 8 heteroatoms. The number of hydrogen-bond donors (Lipinski definition) is 0. The Bertz CT molecular complexity index is 1260. The number of thioether (sulfide) groups is 1. The van der Waals surface area contributed by atoms with Crippen molar-refractivity contribution >= 4 is 29.6 Å². The lowest BCUT2D eigenvalue weighted by atomic mass is 10.2. The Hall–Kier alpha value is -3.29. The van der Waals surface area contributed by atoms with Crippen molar-refractivity contribution in [1.82, 2.24) is 14.9 Å². The predicted molar refractivity (Wildman–Crippen MR) is 142 cm³/mol. The molecule has 3 aromatic carbocycles. The van der Waals surface area contributed by atoms with Crippen molar-refractivity contribution in [2.45, 2.75) is 37.3 Å². The van der Waals surface area contributed by atoms with Crippen LogP contribution in [-0.4, -0.2) is 28.2 Å². The first kappa shape index (κ1) is 24.8. The Morgan fingerprint density at radius 2 is 1.77 bits per heavy atom. The number of benzene rings is 3. The number of hydrogen-bond acceptors (Lipinski definition) is 6. The summed E-state index contributed by atoms with van der Waals surface area (Å²) >= 11 is 7.60. The van der Waals surface area contributed by atoms with Crippen LogP contribution in [0, 0.1) is 0 Å². The van der Waals surface area contributed by atoms with E-state index in [1.807, 2.05) is 77.5 Å². The molecule has 0 atom stereocenters. The van der Waals surface area contributed by atoms with Gasteiger partial charge in [-0.3, -0.25) is 0 Å². The van der Waals surface area contributed by atoms with E-state index in [2.05, 4.69) is 17.1 Å².